The van der Waals surface area contributed by atoms with Crippen LogP contribution in [0.2, 0.25) is 0 Å². The van der Waals surface area contributed by atoms with Crippen LogP contribution in [0.3, 0.4) is 0 Å². The fourth-order valence-corrected chi connectivity index (χ4v) is 2.47. The van der Waals surface area contributed by atoms with Crippen molar-refractivity contribution in [1.29, 1.82) is 0 Å². The Hall–Kier alpha value is -0.650. The number of hydrogen-bond donors (Lipinski definition) is 1. The summed E-state index contributed by atoms with van der Waals surface area (Å²) in [5.41, 5.74) is 0.497. The Morgan fingerprint density at radius 2 is 1.94 bits per heavy atom. The highest BCUT2D eigenvalue weighted by Crippen LogP contribution is 2.08. The Balaban J connectivity index is 2.68. The van der Waals surface area contributed by atoms with Gasteiger partial charge in [0.1, 0.15) is 5.82 Å². The Morgan fingerprint density at radius 1 is 1.38 bits per heavy atom. The third-order valence-electron chi connectivity index (χ3n) is 2.39. The predicted molar refractivity (Wildman–Crippen MR) is 71.4 cm³/mol. The molecule has 0 radical (unpaired) electrons. The molecule has 1 rings (SSSR count). The molecule has 0 fully saturated rings. The van der Waals surface area contributed by atoms with Crippen molar-refractivity contribution in [1.82, 2.24) is 5.32 Å². The lowest BCUT2D eigenvalue weighted by Gasteiger charge is -2.19. The Bertz CT molecular complexity index is 351. The first kappa shape index (κ1) is 13.4. The summed E-state index contributed by atoms with van der Waals surface area (Å²) >= 11 is 2.25. The molecule has 1 unspecified atom stereocenters. The first-order valence-corrected chi connectivity index (χ1v) is 6.69. The van der Waals surface area contributed by atoms with Crippen molar-refractivity contribution >= 4 is 28.5 Å². The van der Waals surface area contributed by atoms with Gasteiger partial charge in [0.25, 0.3) is 5.91 Å². The van der Waals surface area contributed by atoms with Crippen molar-refractivity contribution in [2.45, 2.75) is 19.9 Å². The minimum absolute atomic E-state index is 0.143. The summed E-state index contributed by atoms with van der Waals surface area (Å²) in [5.74, 6) is -0.0810. The molecular weight excluding hydrogens is 320 g/mol. The van der Waals surface area contributed by atoms with Crippen molar-refractivity contribution < 1.29 is 9.18 Å². The number of nitrogens with one attached hydrogen (secondary N) is 1. The lowest BCUT2D eigenvalue weighted by Crippen LogP contribution is -2.39. The summed E-state index contributed by atoms with van der Waals surface area (Å²) in [4.78, 5) is 11.8. The van der Waals surface area contributed by atoms with E-state index in [-0.39, 0.29) is 17.8 Å². The third kappa shape index (κ3) is 3.73. The van der Waals surface area contributed by atoms with E-state index < -0.39 is 0 Å². The average molecular weight is 335 g/mol. The SMILES string of the molecule is CC(C)C(CI)NC(=O)c1ccc(F)cc1. The standard InChI is InChI=1S/C12H15FINO/c1-8(2)11(7-14)15-12(16)9-3-5-10(13)6-4-9/h3-6,8,11H,7H2,1-2H3,(H,15,16). The van der Waals surface area contributed by atoms with Crippen LogP contribution >= 0.6 is 22.6 Å². The van der Waals surface area contributed by atoms with Crippen molar-refractivity contribution in [2.24, 2.45) is 5.92 Å². The first-order chi connectivity index (χ1) is 7.54. The molecule has 0 aromatic heterocycles. The molecule has 1 atom stereocenters. The molecule has 4 heteroatoms. The summed E-state index contributed by atoms with van der Waals surface area (Å²) in [7, 11) is 0. The second-order valence-electron chi connectivity index (χ2n) is 3.99. The molecule has 0 aliphatic heterocycles. The topological polar surface area (TPSA) is 29.1 Å². The minimum atomic E-state index is -0.328. The van der Waals surface area contributed by atoms with E-state index in [1.807, 2.05) is 0 Å². The highest BCUT2D eigenvalue weighted by molar-refractivity contribution is 14.1. The summed E-state index contributed by atoms with van der Waals surface area (Å²) in [6.45, 7) is 4.13. The molecule has 1 amide bonds. The zero-order valence-corrected chi connectivity index (χ0v) is 11.5. The van der Waals surface area contributed by atoms with Gasteiger partial charge in [-0.05, 0) is 30.2 Å². The average Bonchev–Trinajstić information content (AvgIpc) is 2.26. The van der Waals surface area contributed by atoms with Crippen LogP contribution < -0.4 is 5.32 Å². The smallest absolute Gasteiger partial charge is 0.251 e. The number of alkyl halides is 1. The van der Waals surface area contributed by atoms with Crippen LogP contribution in [0.4, 0.5) is 4.39 Å². The van der Waals surface area contributed by atoms with Crippen molar-refractivity contribution in [3.8, 4) is 0 Å². The van der Waals surface area contributed by atoms with Crippen molar-refractivity contribution in [3.63, 3.8) is 0 Å². The van der Waals surface area contributed by atoms with Crippen LogP contribution in [0.1, 0.15) is 24.2 Å². The zero-order chi connectivity index (χ0) is 12.1. The molecule has 0 saturated carbocycles. The molecule has 88 valence electrons. The van der Waals surface area contributed by atoms with Crippen LogP contribution in [-0.2, 0) is 0 Å². The Labute approximate surface area is 109 Å². The van der Waals surface area contributed by atoms with Gasteiger partial charge in [-0.25, -0.2) is 4.39 Å². The first-order valence-electron chi connectivity index (χ1n) is 5.17. The maximum atomic E-state index is 12.7. The quantitative estimate of drug-likeness (QED) is 0.665. The number of hydrogen-bond acceptors (Lipinski definition) is 1. The monoisotopic (exact) mass is 335 g/mol. The molecule has 1 aromatic carbocycles. The molecule has 0 heterocycles. The molecule has 0 aliphatic carbocycles. The second kappa shape index (κ2) is 6.18. The van der Waals surface area contributed by atoms with Gasteiger partial charge in [-0.15, -0.1) is 0 Å². The molecule has 0 saturated heterocycles. The molecule has 0 aliphatic rings. The summed E-state index contributed by atoms with van der Waals surface area (Å²) < 4.78 is 13.5. The van der Waals surface area contributed by atoms with E-state index in [0.717, 1.165) is 4.43 Å². The number of carbonyl (C=O) groups is 1. The number of benzene rings is 1. The van der Waals surface area contributed by atoms with Crippen molar-refractivity contribution in [2.75, 3.05) is 4.43 Å². The van der Waals surface area contributed by atoms with Crippen LogP contribution in [0.25, 0.3) is 0 Å². The zero-order valence-electron chi connectivity index (χ0n) is 9.34. The molecule has 0 bridgehead atoms. The van der Waals surface area contributed by atoms with Gasteiger partial charge < -0.3 is 5.32 Å². The number of halogens is 2. The number of carbonyl (C=O) groups excluding carboxylic acids is 1. The molecule has 0 spiro atoms. The van der Waals surface area contributed by atoms with Gasteiger partial charge in [-0.3, -0.25) is 4.79 Å². The van der Waals surface area contributed by atoms with E-state index in [2.05, 4.69) is 41.8 Å². The predicted octanol–water partition coefficient (Wildman–Crippen LogP) is 3.02. The van der Waals surface area contributed by atoms with Crippen LogP contribution in [0, 0.1) is 11.7 Å². The fourth-order valence-electron chi connectivity index (χ4n) is 1.24. The van der Waals surface area contributed by atoms with Gasteiger partial charge in [-0.1, -0.05) is 36.4 Å². The number of amides is 1. The van der Waals surface area contributed by atoms with Gasteiger partial charge in [-0.2, -0.15) is 0 Å². The molecule has 1 aromatic rings. The minimum Gasteiger partial charge on any atom is -0.348 e. The molecular formula is C12H15FINO. The number of rotatable bonds is 4. The lowest BCUT2D eigenvalue weighted by atomic mass is 10.1. The largest absolute Gasteiger partial charge is 0.348 e. The van der Waals surface area contributed by atoms with E-state index in [9.17, 15) is 9.18 Å². The fraction of sp³-hybridized carbons (Fsp3) is 0.417. The lowest BCUT2D eigenvalue weighted by molar-refractivity contribution is 0.0932. The summed E-state index contributed by atoms with van der Waals surface area (Å²) in [5, 5.41) is 2.93. The van der Waals surface area contributed by atoms with E-state index in [1.54, 1.807) is 0 Å². The Morgan fingerprint density at radius 3 is 2.38 bits per heavy atom. The highest BCUT2D eigenvalue weighted by Gasteiger charge is 2.15. The van der Waals surface area contributed by atoms with Gasteiger partial charge in [0, 0.05) is 16.0 Å². The van der Waals surface area contributed by atoms with E-state index in [4.69, 9.17) is 0 Å². The summed E-state index contributed by atoms with van der Waals surface area (Å²) in [6, 6.07) is 5.73. The van der Waals surface area contributed by atoms with Crippen LogP contribution in [-0.4, -0.2) is 16.4 Å². The molecule has 1 N–H and O–H groups in total. The van der Waals surface area contributed by atoms with Crippen LogP contribution in [0.5, 0.6) is 0 Å². The van der Waals surface area contributed by atoms with Crippen molar-refractivity contribution in [3.05, 3.63) is 35.6 Å². The maximum absolute atomic E-state index is 12.7. The molecule has 2 nitrogen and oxygen atoms in total. The van der Waals surface area contributed by atoms with E-state index >= 15 is 0 Å². The molecule has 16 heavy (non-hydrogen) atoms. The van der Waals surface area contributed by atoms with Gasteiger partial charge in [0.15, 0.2) is 0 Å². The third-order valence-corrected chi connectivity index (χ3v) is 3.34. The summed E-state index contributed by atoms with van der Waals surface area (Å²) in [6.07, 6.45) is 0. The van der Waals surface area contributed by atoms with Gasteiger partial charge >= 0.3 is 0 Å². The highest BCUT2D eigenvalue weighted by atomic mass is 127. The van der Waals surface area contributed by atoms with Gasteiger partial charge in [0.05, 0.1) is 0 Å². The normalized spacial score (nSPS) is 12.6. The van der Waals surface area contributed by atoms with Crippen LogP contribution in [0.15, 0.2) is 24.3 Å². The second-order valence-corrected chi connectivity index (χ2v) is 4.87. The Kier molecular flexibility index (Phi) is 5.18. The van der Waals surface area contributed by atoms with Gasteiger partial charge in [0.2, 0.25) is 0 Å². The van der Waals surface area contributed by atoms with E-state index in [1.165, 1.54) is 24.3 Å². The van der Waals surface area contributed by atoms with E-state index in [0.29, 0.717) is 11.5 Å². The maximum Gasteiger partial charge on any atom is 0.251 e.